The van der Waals surface area contributed by atoms with Crippen LogP contribution in [0.5, 0.6) is 5.88 Å². The molecule has 3 heterocycles. The summed E-state index contributed by atoms with van der Waals surface area (Å²) in [6.07, 6.45) is 5.76. The Labute approximate surface area is 211 Å². The maximum absolute atomic E-state index is 12.6. The Kier molecular flexibility index (Phi) is 7.16. The number of nitrogens with zero attached hydrogens (tertiary/aromatic N) is 5. The van der Waals surface area contributed by atoms with Crippen molar-refractivity contribution in [1.82, 2.24) is 30.0 Å². The lowest BCUT2D eigenvalue weighted by atomic mass is 9.85. The van der Waals surface area contributed by atoms with Gasteiger partial charge < -0.3 is 15.0 Å². The first-order valence-corrected chi connectivity index (χ1v) is 13.0. The number of hydrogen-bond donors (Lipinski definition) is 1. The summed E-state index contributed by atoms with van der Waals surface area (Å²) < 4.78 is 7.36. The molecule has 0 unspecified atom stereocenters. The van der Waals surface area contributed by atoms with E-state index in [0.29, 0.717) is 43.3 Å². The number of amides is 2. The van der Waals surface area contributed by atoms with Crippen LogP contribution in [0.2, 0.25) is 0 Å². The van der Waals surface area contributed by atoms with E-state index in [1.54, 1.807) is 10.6 Å². The van der Waals surface area contributed by atoms with Crippen molar-refractivity contribution in [2.45, 2.75) is 77.5 Å². The first-order chi connectivity index (χ1) is 17.5. The van der Waals surface area contributed by atoms with Crippen LogP contribution in [0.4, 0.5) is 0 Å². The van der Waals surface area contributed by atoms with E-state index in [9.17, 15) is 9.59 Å². The van der Waals surface area contributed by atoms with Crippen LogP contribution < -0.4 is 10.1 Å². The largest absolute Gasteiger partial charge is 0.474 e. The molecule has 1 saturated carbocycles. The smallest absolute Gasteiger partial charge is 0.254 e. The van der Waals surface area contributed by atoms with Gasteiger partial charge in [-0.2, -0.15) is 4.52 Å². The van der Waals surface area contributed by atoms with E-state index >= 15 is 0 Å². The number of carbonyl (C=O) groups excluding carboxylic acids is 2. The predicted molar refractivity (Wildman–Crippen MR) is 135 cm³/mol. The van der Waals surface area contributed by atoms with Gasteiger partial charge in [-0.3, -0.25) is 9.59 Å². The molecule has 2 amide bonds. The summed E-state index contributed by atoms with van der Waals surface area (Å²) in [5.41, 5.74) is 2.64. The van der Waals surface area contributed by atoms with Gasteiger partial charge in [-0.15, -0.1) is 15.3 Å². The number of nitrogens with one attached hydrogen (secondary N) is 1. The van der Waals surface area contributed by atoms with Gasteiger partial charge in [0.1, 0.15) is 0 Å². The highest BCUT2D eigenvalue weighted by atomic mass is 16.5. The average Bonchev–Trinajstić information content (AvgIpc) is 3.40. The van der Waals surface area contributed by atoms with Gasteiger partial charge in [0.05, 0.1) is 6.10 Å². The van der Waals surface area contributed by atoms with Crippen molar-refractivity contribution in [3.8, 4) is 5.88 Å². The molecule has 190 valence electrons. The van der Waals surface area contributed by atoms with E-state index < -0.39 is 0 Å². The number of carbonyl (C=O) groups is 2. The Morgan fingerprint density at radius 3 is 2.69 bits per heavy atom. The highest BCUT2D eigenvalue weighted by Gasteiger charge is 2.30. The van der Waals surface area contributed by atoms with Crippen LogP contribution in [0.15, 0.2) is 36.4 Å². The van der Waals surface area contributed by atoms with Gasteiger partial charge >= 0.3 is 0 Å². The Hall–Kier alpha value is -3.49. The zero-order valence-electron chi connectivity index (χ0n) is 21.0. The third kappa shape index (κ3) is 5.50. The molecule has 1 N–H and O–H groups in total. The molecule has 5 rings (SSSR count). The molecule has 9 nitrogen and oxygen atoms in total. The predicted octanol–water partition coefficient (Wildman–Crippen LogP) is 3.57. The van der Waals surface area contributed by atoms with Crippen LogP contribution in [0, 0.1) is 5.92 Å². The van der Waals surface area contributed by atoms with Crippen LogP contribution in [-0.4, -0.2) is 55.2 Å². The zero-order valence-corrected chi connectivity index (χ0v) is 21.0. The van der Waals surface area contributed by atoms with Gasteiger partial charge in [0.25, 0.3) is 5.91 Å². The molecule has 9 heteroatoms. The topological polar surface area (TPSA) is 102 Å². The van der Waals surface area contributed by atoms with Crippen molar-refractivity contribution in [3.63, 3.8) is 0 Å². The summed E-state index contributed by atoms with van der Waals surface area (Å²) in [6, 6.07) is 11.7. The van der Waals surface area contributed by atoms with Gasteiger partial charge in [-0.1, -0.05) is 18.2 Å². The number of rotatable bonds is 9. The minimum absolute atomic E-state index is 0.0356. The molecule has 1 aliphatic heterocycles. The summed E-state index contributed by atoms with van der Waals surface area (Å²) in [5.74, 6) is 1.99. The van der Waals surface area contributed by atoms with Crippen molar-refractivity contribution >= 4 is 17.5 Å². The summed E-state index contributed by atoms with van der Waals surface area (Å²) in [7, 11) is 0. The number of benzene rings is 1. The molecule has 0 bridgehead atoms. The van der Waals surface area contributed by atoms with E-state index in [-0.39, 0.29) is 24.0 Å². The van der Waals surface area contributed by atoms with Crippen LogP contribution >= 0.6 is 0 Å². The fraction of sp³-hybridized carbons (Fsp3) is 0.519. The molecular formula is C27H34N6O3. The maximum atomic E-state index is 12.6. The van der Waals surface area contributed by atoms with Crippen LogP contribution in [0.3, 0.4) is 0 Å². The summed E-state index contributed by atoms with van der Waals surface area (Å²) in [4.78, 5) is 27.2. The molecule has 1 aromatic carbocycles. The molecule has 2 aromatic heterocycles. The fourth-order valence-electron chi connectivity index (χ4n) is 5.25. The van der Waals surface area contributed by atoms with E-state index in [1.165, 1.54) is 0 Å². The maximum Gasteiger partial charge on any atom is 0.254 e. The number of aromatic nitrogens is 4. The Morgan fingerprint density at radius 2 is 1.92 bits per heavy atom. The summed E-state index contributed by atoms with van der Waals surface area (Å²) in [6.45, 7) is 5.43. The second kappa shape index (κ2) is 10.6. The normalized spacial score (nSPS) is 19.6. The van der Waals surface area contributed by atoms with E-state index in [2.05, 4.69) is 20.6 Å². The van der Waals surface area contributed by atoms with Crippen molar-refractivity contribution < 1.29 is 14.3 Å². The molecule has 2 aliphatic rings. The first-order valence-electron chi connectivity index (χ1n) is 13.0. The van der Waals surface area contributed by atoms with E-state index in [4.69, 9.17) is 4.74 Å². The second-order valence-corrected chi connectivity index (χ2v) is 10.2. The molecule has 0 saturated heterocycles. The molecule has 3 aromatic rings. The minimum Gasteiger partial charge on any atom is -0.474 e. The summed E-state index contributed by atoms with van der Waals surface area (Å²) >= 11 is 0. The van der Waals surface area contributed by atoms with Crippen LogP contribution in [-0.2, 0) is 17.8 Å². The van der Waals surface area contributed by atoms with Crippen molar-refractivity contribution in [3.05, 3.63) is 53.3 Å². The molecular weight excluding hydrogens is 456 g/mol. The lowest BCUT2D eigenvalue weighted by Crippen LogP contribution is -2.39. The number of ether oxygens (including phenoxy) is 1. The highest BCUT2D eigenvalue weighted by molar-refractivity contribution is 5.98. The highest BCUT2D eigenvalue weighted by Crippen LogP contribution is 2.29. The third-order valence-corrected chi connectivity index (χ3v) is 7.05. The lowest BCUT2D eigenvalue weighted by molar-refractivity contribution is -0.122. The van der Waals surface area contributed by atoms with Gasteiger partial charge in [0.15, 0.2) is 11.5 Å². The fourth-order valence-corrected chi connectivity index (χ4v) is 5.25. The Morgan fingerprint density at radius 1 is 1.11 bits per heavy atom. The molecule has 1 aliphatic carbocycles. The SMILES string of the molecule is CC(C)Oc1ccc2nnc(CCCC(=O)NC3CCC(CN4Cc5ccccc5C4=O)CC3)n2n1. The molecule has 36 heavy (non-hydrogen) atoms. The van der Waals surface area contributed by atoms with Crippen LogP contribution in [0.1, 0.15) is 74.1 Å². The van der Waals surface area contributed by atoms with Gasteiger partial charge in [-0.05, 0) is 69.6 Å². The van der Waals surface area contributed by atoms with Gasteiger partial charge in [-0.25, -0.2) is 0 Å². The molecule has 0 radical (unpaired) electrons. The minimum atomic E-state index is 0.0356. The van der Waals surface area contributed by atoms with Gasteiger partial charge in [0.2, 0.25) is 11.8 Å². The monoisotopic (exact) mass is 490 g/mol. The Bertz CT molecular complexity index is 1230. The first kappa shape index (κ1) is 24.2. The standard InChI is InChI=1S/C27H34N6O3/c1-18(2)36-26-15-14-24-30-29-23(33(24)31-26)8-5-9-25(34)28-21-12-10-19(11-13-21)16-32-17-20-6-3-4-7-22(20)27(32)35/h3-4,6-7,14-15,18-19,21H,5,8-13,16-17H2,1-2H3,(H,28,34). The van der Waals surface area contributed by atoms with E-state index in [1.807, 2.05) is 49.1 Å². The Balaban J connectivity index is 1.04. The number of fused-ring (bicyclic) bond motifs is 2. The lowest BCUT2D eigenvalue weighted by Gasteiger charge is -2.31. The number of aryl methyl sites for hydroxylation is 1. The quantitative estimate of drug-likeness (QED) is 0.492. The molecule has 0 spiro atoms. The van der Waals surface area contributed by atoms with Gasteiger partial charge in [0, 0.05) is 43.6 Å². The average molecular weight is 491 g/mol. The molecule has 0 atom stereocenters. The van der Waals surface area contributed by atoms with Crippen molar-refractivity contribution in [1.29, 1.82) is 0 Å². The number of hydrogen-bond acceptors (Lipinski definition) is 6. The third-order valence-electron chi connectivity index (χ3n) is 7.05. The second-order valence-electron chi connectivity index (χ2n) is 10.2. The van der Waals surface area contributed by atoms with Crippen LogP contribution in [0.25, 0.3) is 5.65 Å². The summed E-state index contributed by atoms with van der Waals surface area (Å²) in [5, 5.41) is 16.1. The van der Waals surface area contributed by atoms with Crippen molar-refractivity contribution in [2.24, 2.45) is 5.92 Å². The van der Waals surface area contributed by atoms with E-state index in [0.717, 1.165) is 49.2 Å². The zero-order chi connectivity index (χ0) is 25.1. The van der Waals surface area contributed by atoms with Crippen molar-refractivity contribution in [2.75, 3.05) is 6.54 Å². The molecule has 1 fully saturated rings.